The van der Waals surface area contributed by atoms with E-state index in [2.05, 4.69) is 0 Å². The van der Waals surface area contributed by atoms with Crippen LogP contribution in [0.1, 0.15) is 12.5 Å². The number of Topliss-reactive ketones (excluding diaryl/α,β-unsaturated/α-hetero) is 1. The van der Waals surface area contributed by atoms with Gasteiger partial charge in [-0.3, -0.25) is 4.79 Å². The van der Waals surface area contributed by atoms with Gasteiger partial charge in [-0.25, -0.2) is 4.39 Å². The summed E-state index contributed by atoms with van der Waals surface area (Å²) in [6.45, 7) is 0.548. The third kappa shape index (κ3) is 3.00. The quantitative estimate of drug-likeness (QED) is 0.774. The molecular formula is C10H10ClFO2. The number of hydrogen-bond acceptors (Lipinski definition) is 2. The number of alkyl halides is 1. The van der Waals surface area contributed by atoms with Crippen LogP contribution >= 0.6 is 11.6 Å². The fourth-order valence-corrected chi connectivity index (χ4v) is 1.35. The minimum Gasteiger partial charge on any atom is -0.463 e. The molecule has 0 bridgehead atoms. The molecule has 2 nitrogen and oxygen atoms in total. The Labute approximate surface area is 86.6 Å². The second-order valence-electron chi connectivity index (χ2n) is 2.88. The Bertz CT molecular complexity index is 339. The maximum Gasteiger partial charge on any atom is 0.228 e. The molecule has 0 aliphatic carbocycles. The van der Waals surface area contributed by atoms with Crippen molar-refractivity contribution in [1.82, 2.24) is 0 Å². The highest BCUT2D eigenvalue weighted by Crippen LogP contribution is 2.23. The fourth-order valence-electron chi connectivity index (χ4n) is 1.15. The van der Waals surface area contributed by atoms with E-state index in [9.17, 15) is 9.18 Å². The van der Waals surface area contributed by atoms with Crippen molar-refractivity contribution >= 4 is 17.4 Å². The minimum atomic E-state index is -0.910. The highest BCUT2D eigenvalue weighted by Gasteiger charge is 2.06. The van der Waals surface area contributed by atoms with Crippen LogP contribution in [-0.2, 0) is 11.2 Å². The summed E-state index contributed by atoms with van der Waals surface area (Å²) >= 11 is 5.74. The summed E-state index contributed by atoms with van der Waals surface area (Å²) in [7, 11) is 0. The van der Waals surface area contributed by atoms with Crippen LogP contribution in [0.2, 0.25) is 5.02 Å². The number of carbonyl (C=O) groups excluding carboxylic acids is 1. The Balaban J connectivity index is 2.96. The standard InChI is InChI=1S/C10H10ClFO2/c1-7(13)4-8-5-9(11)2-3-10(8)14-6-12/h2-3,5H,4,6H2,1H3. The molecule has 1 aromatic carbocycles. The molecule has 0 amide bonds. The predicted molar refractivity (Wildman–Crippen MR) is 52.4 cm³/mol. The predicted octanol–water partition coefficient (Wildman–Crippen LogP) is 2.78. The third-order valence-corrected chi connectivity index (χ3v) is 1.91. The molecule has 0 aromatic heterocycles. The van der Waals surface area contributed by atoms with Crippen molar-refractivity contribution < 1.29 is 13.9 Å². The van der Waals surface area contributed by atoms with Crippen LogP contribution in [0.15, 0.2) is 18.2 Å². The van der Waals surface area contributed by atoms with Gasteiger partial charge in [0.25, 0.3) is 0 Å². The zero-order valence-electron chi connectivity index (χ0n) is 7.72. The maximum absolute atomic E-state index is 12.0. The van der Waals surface area contributed by atoms with E-state index < -0.39 is 6.86 Å². The first kappa shape index (κ1) is 11.0. The van der Waals surface area contributed by atoms with Crippen molar-refractivity contribution in [2.45, 2.75) is 13.3 Å². The molecule has 0 heterocycles. The summed E-state index contributed by atoms with van der Waals surface area (Å²) < 4.78 is 16.7. The highest BCUT2D eigenvalue weighted by atomic mass is 35.5. The van der Waals surface area contributed by atoms with E-state index >= 15 is 0 Å². The minimum absolute atomic E-state index is 0.0176. The highest BCUT2D eigenvalue weighted by molar-refractivity contribution is 6.30. The van der Waals surface area contributed by atoms with E-state index in [0.717, 1.165) is 0 Å². The van der Waals surface area contributed by atoms with Gasteiger partial charge in [-0.15, -0.1) is 0 Å². The molecule has 0 unspecified atom stereocenters. The third-order valence-electron chi connectivity index (χ3n) is 1.67. The smallest absolute Gasteiger partial charge is 0.228 e. The van der Waals surface area contributed by atoms with E-state index in [-0.39, 0.29) is 12.2 Å². The van der Waals surface area contributed by atoms with E-state index in [4.69, 9.17) is 16.3 Å². The molecule has 0 saturated heterocycles. The number of halogens is 2. The Morgan fingerprint density at radius 1 is 1.57 bits per heavy atom. The van der Waals surface area contributed by atoms with Crippen molar-refractivity contribution in [2.24, 2.45) is 0 Å². The molecule has 4 heteroatoms. The van der Waals surface area contributed by atoms with Gasteiger partial charge in [0.2, 0.25) is 6.86 Å². The molecule has 0 atom stereocenters. The molecule has 0 spiro atoms. The molecule has 0 saturated carbocycles. The van der Waals surface area contributed by atoms with E-state index in [1.54, 1.807) is 18.2 Å². The van der Waals surface area contributed by atoms with Gasteiger partial charge >= 0.3 is 0 Å². The van der Waals surface area contributed by atoms with Crippen LogP contribution in [0, 0.1) is 0 Å². The lowest BCUT2D eigenvalue weighted by Gasteiger charge is -2.07. The van der Waals surface area contributed by atoms with Crippen molar-refractivity contribution in [3.63, 3.8) is 0 Å². The lowest BCUT2D eigenvalue weighted by molar-refractivity contribution is -0.116. The van der Waals surface area contributed by atoms with Crippen LogP contribution in [0.5, 0.6) is 5.75 Å². The van der Waals surface area contributed by atoms with Gasteiger partial charge in [0, 0.05) is 17.0 Å². The molecule has 1 rings (SSSR count). The Morgan fingerprint density at radius 2 is 2.29 bits per heavy atom. The lowest BCUT2D eigenvalue weighted by Crippen LogP contribution is -2.01. The molecule has 14 heavy (non-hydrogen) atoms. The molecule has 0 aliphatic rings. The summed E-state index contributed by atoms with van der Waals surface area (Å²) in [6.07, 6.45) is 0.204. The number of ether oxygens (including phenoxy) is 1. The number of carbonyl (C=O) groups is 1. The Kier molecular flexibility index (Phi) is 3.89. The average Bonchev–Trinajstić information content (AvgIpc) is 2.09. The van der Waals surface area contributed by atoms with Gasteiger partial charge in [-0.1, -0.05) is 11.6 Å². The van der Waals surface area contributed by atoms with Crippen LogP contribution in [-0.4, -0.2) is 12.6 Å². The van der Waals surface area contributed by atoms with Gasteiger partial charge in [-0.2, -0.15) is 0 Å². The van der Waals surface area contributed by atoms with E-state index in [1.165, 1.54) is 6.92 Å². The second-order valence-corrected chi connectivity index (χ2v) is 3.32. The first-order valence-corrected chi connectivity index (χ1v) is 4.48. The van der Waals surface area contributed by atoms with E-state index in [1.807, 2.05) is 0 Å². The zero-order chi connectivity index (χ0) is 10.6. The largest absolute Gasteiger partial charge is 0.463 e. The summed E-state index contributed by atoms with van der Waals surface area (Å²) in [5.74, 6) is 0.350. The number of hydrogen-bond donors (Lipinski definition) is 0. The number of rotatable bonds is 4. The molecule has 0 fully saturated rings. The normalized spacial score (nSPS) is 9.93. The number of ketones is 1. The van der Waals surface area contributed by atoms with Crippen molar-refractivity contribution in [2.75, 3.05) is 6.86 Å². The molecule has 0 radical (unpaired) electrons. The number of benzene rings is 1. The van der Waals surface area contributed by atoms with Crippen LogP contribution in [0.3, 0.4) is 0 Å². The van der Waals surface area contributed by atoms with Gasteiger partial charge < -0.3 is 4.74 Å². The molecule has 0 aliphatic heterocycles. The summed E-state index contributed by atoms with van der Waals surface area (Å²) in [5.41, 5.74) is 0.614. The first-order chi connectivity index (χ1) is 6.63. The fraction of sp³-hybridized carbons (Fsp3) is 0.300. The van der Waals surface area contributed by atoms with Crippen LogP contribution in [0.4, 0.5) is 4.39 Å². The van der Waals surface area contributed by atoms with Crippen LogP contribution < -0.4 is 4.74 Å². The average molecular weight is 217 g/mol. The van der Waals surface area contributed by atoms with Crippen molar-refractivity contribution in [3.8, 4) is 5.75 Å². The van der Waals surface area contributed by atoms with E-state index in [0.29, 0.717) is 16.3 Å². The summed E-state index contributed by atoms with van der Waals surface area (Å²) in [4.78, 5) is 10.9. The van der Waals surface area contributed by atoms with Gasteiger partial charge in [0.05, 0.1) is 0 Å². The van der Waals surface area contributed by atoms with Gasteiger partial charge in [0.1, 0.15) is 11.5 Å². The zero-order valence-corrected chi connectivity index (χ0v) is 8.47. The molecule has 1 aromatic rings. The van der Waals surface area contributed by atoms with Gasteiger partial charge in [0.15, 0.2) is 0 Å². The molecule has 76 valence electrons. The van der Waals surface area contributed by atoms with Crippen molar-refractivity contribution in [1.29, 1.82) is 0 Å². The topological polar surface area (TPSA) is 26.3 Å². The van der Waals surface area contributed by atoms with Gasteiger partial charge in [-0.05, 0) is 25.1 Å². The monoisotopic (exact) mass is 216 g/mol. The Morgan fingerprint density at radius 3 is 2.86 bits per heavy atom. The Hall–Kier alpha value is -1.09. The molecular weight excluding hydrogens is 207 g/mol. The second kappa shape index (κ2) is 4.96. The molecule has 0 N–H and O–H groups in total. The van der Waals surface area contributed by atoms with Crippen molar-refractivity contribution in [3.05, 3.63) is 28.8 Å². The first-order valence-electron chi connectivity index (χ1n) is 4.10. The summed E-state index contributed by atoms with van der Waals surface area (Å²) in [5, 5.41) is 0.507. The summed E-state index contributed by atoms with van der Waals surface area (Å²) in [6, 6.07) is 4.75. The lowest BCUT2D eigenvalue weighted by atomic mass is 10.1. The van der Waals surface area contributed by atoms with Crippen LogP contribution in [0.25, 0.3) is 0 Å². The SMILES string of the molecule is CC(=O)Cc1cc(Cl)ccc1OCF. The maximum atomic E-state index is 12.0.